The summed E-state index contributed by atoms with van der Waals surface area (Å²) in [5.74, 6) is -0.571. The van der Waals surface area contributed by atoms with Crippen LogP contribution in [0, 0.1) is 13.8 Å². The monoisotopic (exact) mass is 315 g/mol. The van der Waals surface area contributed by atoms with Crippen molar-refractivity contribution in [3.05, 3.63) is 46.8 Å². The maximum Gasteiger partial charge on any atom is 0.338 e. The molecule has 2 aromatic rings. The van der Waals surface area contributed by atoms with Crippen LogP contribution in [0.15, 0.2) is 24.3 Å². The van der Waals surface area contributed by atoms with Gasteiger partial charge in [0, 0.05) is 18.4 Å². The number of amides is 1. The van der Waals surface area contributed by atoms with Gasteiger partial charge < -0.3 is 10.1 Å². The topological polar surface area (TPSA) is 73.2 Å². The van der Waals surface area contributed by atoms with Crippen LogP contribution < -0.4 is 5.32 Å². The van der Waals surface area contributed by atoms with Gasteiger partial charge in [0.2, 0.25) is 0 Å². The summed E-state index contributed by atoms with van der Waals surface area (Å²) in [6.45, 7) is 5.99. The van der Waals surface area contributed by atoms with E-state index in [9.17, 15) is 9.59 Å². The number of carbonyl (C=O) groups is 2. The average Bonchev–Trinajstić information content (AvgIpc) is 2.78. The van der Waals surface area contributed by atoms with Crippen molar-refractivity contribution in [1.82, 2.24) is 9.78 Å². The van der Waals surface area contributed by atoms with Crippen LogP contribution in [0.25, 0.3) is 0 Å². The third-order valence-electron chi connectivity index (χ3n) is 3.55. The van der Waals surface area contributed by atoms with E-state index in [0.29, 0.717) is 29.1 Å². The Labute approximate surface area is 135 Å². The van der Waals surface area contributed by atoms with Crippen LogP contribution >= 0.6 is 0 Å². The molecular weight excluding hydrogens is 294 g/mol. The van der Waals surface area contributed by atoms with Gasteiger partial charge in [0.1, 0.15) is 0 Å². The fraction of sp³-hybridized carbons (Fsp3) is 0.353. The number of benzene rings is 1. The van der Waals surface area contributed by atoms with Gasteiger partial charge in [-0.3, -0.25) is 9.48 Å². The van der Waals surface area contributed by atoms with Crippen LogP contribution in [0.2, 0.25) is 0 Å². The number of ether oxygens (including phenoxy) is 1. The van der Waals surface area contributed by atoms with E-state index in [2.05, 4.69) is 10.4 Å². The minimum absolute atomic E-state index is 0.214. The zero-order valence-electron chi connectivity index (χ0n) is 13.8. The van der Waals surface area contributed by atoms with Crippen molar-refractivity contribution in [1.29, 1.82) is 0 Å². The zero-order chi connectivity index (χ0) is 17.0. The quantitative estimate of drug-likeness (QED) is 0.861. The van der Waals surface area contributed by atoms with Gasteiger partial charge in [0.15, 0.2) is 0 Å². The minimum Gasteiger partial charge on any atom is -0.462 e. The molecular formula is C17H21N3O3. The van der Waals surface area contributed by atoms with E-state index in [1.165, 1.54) is 0 Å². The summed E-state index contributed by atoms with van der Waals surface area (Å²) >= 11 is 0. The third-order valence-corrected chi connectivity index (χ3v) is 3.55. The lowest BCUT2D eigenvalue weighted by atomic mass is 10.1. The first-order valence-corrected chi connectivity index (χ1v) is 7.52. The van der Waals surface area contributed by atoms with Gasteiger partial charge in [0.25, 0.3) is 5.91 Å². The summed E-state index contributed by atoms with van der Waals surface area (Å²) in [5.41, 5.74) is 3.14. The standard InChI is InChI=1S/C17H21N3O3/c1-5-10-23-17(22)13-6-8-14(9-7-13)18-16(21)15-11(2)19-20(4)12(15)3/h6-9H,5,10H2,1-4H3,(H,18,21). The molecule has 0 aliphatic heterocycles. The molecule has 0 radical (unpaired) electrons. The van der Waals surface area contributed by atoms with Gasteiger partial charge in [-0.2, -0.15) is 5.10 Å². The summed E-state index contributed by atoms with van der Waals surface area (Å²) in [6, 6.07) is 6.63. The lowest BCUT2D eigenvalue weighted by molar-refractivity contribution is 0.0505. The smallest absolute Gasteiger partial charge is 0.338 e. The molecule has 2 rings (SSSR count). The summed E-state index contributed by atoms with van der Waals surface area (Å²) in [4.78, 5) is 24.1. The highest BCUT2D eigenvalue weighted by Crippen LogP contribution is 2.16. The van der Waals surface area contributed by atoms with Crippen LogP contribution in [0.1, 0.15) is 45.4 Å². The van der Waals surface area contributed by atoms with Crippen LogP contribution in [0.4, 0.5) is 5.69 Å². The Hall–Kier alpha value is -2.63. The molecule has 1 amide bonds. The lowest BCUT2D eigenvalue weighted by Gasteiger charge is -2.07. The van der Waals surface area contributed by atoms with Crippen molar-refractivity contribution in [3.63, 3.8) is 0 Å². The molecule has 0 aliphatic rings. The van der Waals surface area contributed by atoms with Gasteiger partial charge in [-0.25, -0.2) is 4.79 Å². The molecule has 0 fully saturated rings. The Morgan fingerprint density at radius 2 is 1.87 bits per heavy atom. The van der Waals surface area contributed by atoms with Crippen molar-refractivity contribution in [3.8, 4) is 0 Å². The number of aryl methyl sites for hydroxylation is 2. The fourth-order valence-electron chi connectivity index (χ4n) is 2.26. The number of nitrogens with one attached hydrogen (secondary N) is 1. The second-order valence-electron chi connectivity index (χ2n) is 5.34. The van der Waals surface area contributed by atoms with Crippen molar-refractivity contribution in [2.45, 2.75) is 27.2 Å². The Balaban J connectivity index is 2.09. The molecule has 0 unspecified atom stereocenters. The Kier molecular flexibility index (Phi) is 5.16. The normalized spacial score (nSPS) is 10.4. The highest BCUT2D eigenvalue weighted by molar-refractivity contribution is 6.06. The number of rotatable bonds is 5. The van der Waals surface area contributed by atoms with Crippen LogP contribution in [0.3, 0.4) is 0 Å². The highest BCUT2D eigenvalue weighted by Gasteiger charge is 2.17. The molecule has 1 heterocycles. The summed E-state index contributed by atoms with van der Waals surface area (Å²) in [5, 5.41) is 7.05. The largest absolute Gasteiger partial charge is 0.462 e. The lowest BCUT2D eigenvalue weighted by Crippen LogP contribution is -2.14. The molecule has 6 nitrogen and oxygen atoms in total. The molecule has 0 atom stereocenters. The van der Waals surface area contributed by atoms with E-state index in [1.54, 1.807) is 42.9 Å². The predicted molar refractivity (Wildman–Crippen MR) is 87.7 cm³/mol. The number of hydrogen-bond acceptors (Lipinski definition) is 4. The second kappa shape index (κ2) is 7.09. The van der Waals surface area contributed by atoms with Gasteiger partial charge in [-0.1, -0.05) is 6.92 Å². The zero-order valence-corrected chi connectivity index (χ0v) is 13.8. The molecule has 0 saturated carbocycles. The van der Waals surface area contributed by atoms with Crippen molar-refractivity contribution in [2.24, 2.45) is 7.05 Å². The maximum atomic E-state index is 12.4. The number of aromatic nitrogens is 2. The van der Waals surface area contributed by atoms with E-state index in [0.717, 1.165) is 12.1 Å². The molecule has 1 aromatic carbocycles. The number of carbonyl (C=O) groups excluding carboxylic acids is 2. The van der Waals surface area contributed by atoms with Crippen LogP contribution in [-0.4, -0.2) is 28.3 Å². The molecule has 0 saturated heterocycles. The number of hydrogen-bond donors (Lipinski definition) is 1. The Morgan fingerprint density at radius 1 is 1.22 bits per heavy atom. The third kappa shape index (κ3) is 3.77. The fourth-order valence-corrected chi connectivity index (χ4v) is 2.26. The molecule has 6 heteroatoms. The number of esters is 1. The number of anilines is 1. The summed E-state index contributed by atoms with van der Waals surface area (Å²) in [6.07, 6.45) is 0.781. The predicted octanol–water partition coefficient (Wildman–Crippen LogP) is 2.86. The van der Waals surface area contributed by atoms with Crippen molar-refractivity contribution in [2.75, 3.05) is 11.9 Å². The van der Waals surface area contributed by atoms with Crippen molar-refractivity contribution >= 4 is 17.6 Å². The minimum atomic E-state index is -0.358. The Morgan fingerprint density at radius 3 is 2.39 bits per heavy atom. The molecule has 1 aromatic heterocycles. The average molecular weight is 315 g/mol. The van der Waals surface area contributed by atoms with E-state index in [4.69, 9.17) is 4.74 Å². The first kappa shape index (κ1) is 16.7. The summed E-state index contributed by atoms with van der Waals surface area (Å²) in [7, 11) is 1.80. The molecule has 23 heavy (non-hydrogen) atoms. The SMILES string of the molecule is CCCOC(=O)c1ccc(NC(=O)c2c(C)nn(C)c2C)cc1. The van der Waals surface area contributed by atoms with E-state index in [-0.39, 0.29) is 11.9 Å². The second-order valence-corrected chi connectivity index (χ2v) is 5.34. The van der Waals surface area contributed by atoms with Crippen molar-refractivity contribution < 1.29 is 14.3 Å². The first-order valence-electron chi connectivity index (χ1n) is 7.52. The highest BCUT2D eigenvalue weighted by atomic mass is 16.5. The molecule has 0 spiro atoms. The van der Waals surface area contributed by atoms with E-state index >= 15 is 0 Å². The molecule has 0 bridgehead atoms. The maximum absolute atomic E-state index is 12.4. The Bertz CT molecular complexity index is 717. The molecule has 0 aliphatic carbocycles. The van der Waals surface area contributed by atoms with E-state index in [1.807, 2.05) is 13.8 Å². The molecule has 1 N–H and O–H groups in total. The van der Waals surface area contributed by atoms with Crippen LogP contribution in [-0.2, 0) is 11.8 Å². The first-order chi connectivity index (χ1) is 10.9. The number of nitrogens with zero attached hydrogens (tertiary/aromatic N) is 2. The van der Waals surface area contributed by atoms with Gasteiger partial charge >= 0.3 is 5.97 Å². The van der Waals surface area contributed by atoms with Gasteiger partial charge in [-0.15, -0.1) is 0 Å². The van der Waals surface area contributed by atoms with Crippen LogP contribution in [0.5, 0.6) is 0 Å². The van der Waals surface area contributed by atoms with Gasteiger partial charge in [-0.05, 0) is 44.5 Å². The van der Waals surface area contributed by atoms with Gasteiger partial charge in [0.05, 0.1) is 23.4 Å². The molecule has 122 valence electrons. The van der Waals surface area contributed by atoms with E-state index < -0.39 is 0 Å². The summed E-state index contributed by atoms with van der Waals surface area (Å²) < 4.78 is 6.74.